The number of benzene rings is 2. The first-order chi connectivity index (χ1) is 12.8. The number of nitrogens with one attached hydrogen (secondary N) is 1. The van der Waals surface area contributed by atoms with Crippen molar-refractivity contribution in [3.05, 3.63) is 87.6 Å². The van der Waals surface area contributed by atoms with Crippen molar-refractivity contribution in [3.8, 4) is 0 Å². The molecule has 1 heterocycles. The Kier molecular flexibility index (Phi) is 5.14. The second kappa shape index (κ2) is 7.85. The highest BCUT2D eigenvalue weighted by molar-refractivity contribution is 7.10. The highest BCUT2D eigenvalue weighted by Gasteiger charge is 2.20. The van der Waals surface area contributed by atoms with E-state index in [0.29, 0.717) is 6.54 Å². The molecule has 1 aliphatic rings. The fraction of sp³-hybridized carbons (Fsp3) is 0.227. The molecule has 0 aliphatic heterocycles. The molecule has 0 saturated heterocycles. The van der Waals surface area contributed by atoms with Crippen LogP contribution >= 0.6 is 11.3 Å². The van der Waals surface area contributed by atoms with Crippen molar-refractivity contribution >= 4 is 22.9 Å². The van der Waals surface area contributed by atoms with Gasteiger partial charge in [0.15, 0.2) is 6.54 Å². The number of thiophene rings is 1. The Morgan fingerprint density at radius 3 is 2.69 bits per heavy atom. The number of hydrogen-bond acceptors (Lipinski definition) is 2. The Morgan fingerprint density at radius 2 is 1.88 bits per heavy atom. The molecule has 3 nitrogen and oxygen atoms in total. The topological polar surface area (TPSA) is 45.7 Å². The van der Waals surface area contributed by atoms with Crippen molar-refractivity contribution in [2.45, 2.75) is 25.3 Å². The second-order valence-corrected chi connectivity index (χ2v) is 7.71. The number of carbonyl (C=O) groups excluding carboxylic acids is 1. The first kappa shape index (κ1) is 17.0. The van der Waals surface area contributed by atoms with Gasteiger partial charge in [0.25, 0.3) is 5.91 Å². The summed E-state index contributed by atoms with van der Waals surface area (Å²) in [5.74, 6) is 0.0421. The van der Waals surface area contributed by atoms with E-state index in [1.165, 1.54) is 28.0 Å². The number of fused-ring (bicyclic) bond motifs is 1. The Morgan fingerprint density at radius 1 is 1.04 bits per heavy atom. The third-order valence-electron chi connectivity index (χ3n) is 4.93. The average Bonchev–Trinajstić information content (AvgIpc) is 3.34. The monoisotopic (exact) mass is 363 g/mol. The number of amides is 1. The van der Waals surface area contributed by atoms with Gasteiger partial charge in [-0.3, -0.25) is 4.79 Å². The lowest BCUT2D eigenvalue weighted by Crippen LogP contribution is -2.87. The molecule has 2 aromatic carbocycles. The Labute approximate surface area is 158 Å². The van der Waals surface area contributed by atoms with E-state index >= 15 is 0 Å². The van der Waals surface area contributed by atoms with Gasteiger partial charge in [-0.05, 0) is 54.0 Å². The zero-order valence-electron chi connectivity index (χ0n) is 14.7. The van der Waals surface area contributed by atoms with Crippen LogP contribution in [0.5, 0.6) is 0 Å². The van der Waals surface area contributed by atoms with Gasteiger partial charge in [0, 0.05) is 11.3 Å². The smallest absolute Gasteiger partial charge is 0.279 e. The van der Waals surface area contributed by atoms with Crippen LogP contribution in [-0.2, 0) is 17.6 Å². The number of hydrogen-bond donors (Lipinski definition) is 2. The number of rotatable bonds is 6. The van der Waals surface area contributed by atoms with Crippen molar-refractivity contribution in [3.63, 3.8) is 0 Å². The van der Waals surface area contributed by atoms with E-state index in [-0.39, 0.29) is 11.9 Å². The third-order valence-corrected chi connectivity index (χ3v) is 5.88. The molecule has 1 aromatic heterocycles. The maximum Gasteiger partial charge on any atom is 0.279 e. The van der Waals surface area contributed by atoms with Crippen molar-refractivity contribution in [1.82, 2.24) is 0 Å². The van der Waals surface area contributed by atoms with Gasteiger partial charge in [-0.2, -0.15) is 0 Å². The van der Waals surface area contributed by atoms with E-state index in [4.69, 9.17) is 0 Å². The van der Waals surface area contributed by atoms with Crippen LogP contribution in [0.4, 0.5) is 5.69 Å². The summed E-state index contributed by atoms with van der Waals surface area (Å²) in [7, 11) is 0. The van der Waals surface area contributed by atoms with Crippen LogP contribution in [0.25, 0.3) is 0 Å². The summed E-state index contributed by atoms with van der Waals surface area (Å²) >= 11 is 1.73. The van der Waals surface area contributed by atoms with E-state index in [1.54, 1.807) is 11.3 Å². The molecule has 132 valence electrons. The maximum atomic E-state index is 12.5. The molecule has 0 bridgehead atoms. The molecular formula is C22H23N2OS+. The van der Waals surface area contributed by atoms with E-state index in [9.17, 15) is 4.79 Å². The Balaban J connectivity index is 1.42. The van der Waals surface area contributed by atoms with Crippen molar-refractivity contribution < 1.29 is 10.1 Å². The summed E-state index contributed by atoms with van der Waals surface area (Å²) in [6.45, 7) is 0.397. The van der Waals surface area contributed by atoms with E-state index in [1.807, 2.05) is 24.3 Å². The minimum atomic E-state index is 0.0421. The molecule has 3 aromatic rings. The van der Waals surface area contributed by atoms with Crippen LogP contribution in [0, 0.1) is 0 Å². The predicted octanol–water partition coefficient (Wildman–Crippen LogP) is 3.53. The van der Waals surface area contributed by atoms with Crippen LogP contribution in [-0.4, -0.2) is 12.5 Å². The summed E-state index contributed by atoms with van der Waals surface area (Å²) in [6, 6.07) is 21.0. The van der Waals surface area contributed by atoms with E-state index in [2.05, 4.69) is 52.4 Å². The summed E-state index contributed by atoms with van der Waals surface area (Å²) in [4.78, 5) is 13.7. The first-order valence-corrected chi connectivity index (χ1v) is 10.0. The van der Waals surface area contributed by atoms with Crippen LogP contribution in [0.3, 0.4) is 0 Å². The summed E-state index contributed by atoms with van der Waals surface area (Å²) in [5.41, 5.74) is 4.95. The molecule has 4 rings (SSSR count). The molecule has 0 saturated carbocycles. The lowest BCUT2D eigenvalue weighted by molar-refractivity contribution is -0.675. The summed E-state index contributed by atoms with van der Waals surface area (Å²) in [5, 5.41) is 7.26. The summed E-state index contributed by atoms with van der Waals surface area (Å²) < 4.78 is 0. The number of carbonyl (C=O) groups is 1. The minimum absolute atomic E-state index is 0.0421. The summed E-state index contributed by atoms with van der Waals surface area (Å²) in [6.07, 6.45) is 3.51. The van der Waals surface area contributed by atoms with E-state index < -0.39 is 0 Å². The molecule has 0 spiro atoms. The predicted molar refractivity (Wildman–Crippen MR) is 106 cm³/mol. The molecule has 3 N–H and O–H groups in total. The molecule has 0 unspecified atom stereocenters. The van der Waals surface area contributed by atoms with Gasteiger partial charge in [-0.25, -0.2) is 0 Å². The van der Waals surface area contributed by atoms with Gasteiger partial charge in [0.05, 0.1) is 4.88 Å². The van der Waals surface area contributed by atoms with Gasteiger partial charge >= 0.3 is 0 Å². The van der Waals surface area contributed by atoms with Gasteiger partial charge in [0.2, 0.25) is 0 Å². The number of nitrogens with two attached hydrogens (primary N) is 1. The highest BCUT2D eigenvalue weighted by Crippen LogP contribution is 2.25. The van der Waals surface area contributed by atoms with Crippen molar-refractivity contribution in [2.75, 3.05) is 11.9 Å². The van der Waals surface area contributed by atoms with Crippen molar-refractivity contribution in [1.29, 1.82) is 0 Å². The fourth-order valence-corrected chi connectivity index (χ4v) is 4.48. The highest BCUT2D eigenvalue weighted by atomic mass is 32.1. The second-order valence-electron chi connectivity index (χ2n) is 6.73. The quantitative estimate of drug-likeness (QED) is 0.691. The third kappa shape index (κ3) is 3.87. The van der Waals surface area contributed by atoms with Crippen LogP contribution in [0.15, 0.2) is 66.0 Å². The molecule has 0 fully saturated rings. The maximum absolute atomic E-state index is 12.5. The van der Waals surface area contributed by atoms with Gasteiger partial charge < -0.3 is 10.6 Å². The zero-order valence-corrected chi connectivity index (χ0v) is 15.5. The molecular weight excluding hydrogens is 340 g/mol. The molecule has 4 heteroatoms. The SMILES string of the molecule is O=C(C[NH2+][C@H](c1ccccc1)c1cccs1)Nc1ccc2c(c1)CCC2. The average molecular weight is 364 g/mol. The Hall–Kier alpha value is -2.43. The number of anilines is 1. The fourth-order valence-electron chi connectivity index (χ4n) is 3.63. The molecule has 1 amide bonds. The van der Waals surface area contributed by atoms with Crippen LogP contribution in [0.2, 0.25) is 0 Å². The number of quaternary nitrogens is 1. The largest absolute Gasteiger partial charge is 0.328 e. The number of aryl methyl sites for hydroxylation is 2. The lowest BCUT2D eigenvalue weighted by Gasteiger charge is -2.15. The van der Waals surface area contributed by atoms with Crippen molar-refractivity contribution in [2.24, 2.45) is 0 Å². The van der Waals surface area contributed by atoms with E-state index in [0.717, 1.165) is 18.5 Å². The van der Waals surface area contributed by atoms with Gasteiger partial charge in [-0.1, -0.05) is 42.5 Å². The van der Waals surface area contributed by atoms with Gasteiger partial charge in [0.1, 0.15) is 6.04 Å². The normalized spacial score (nSPS) is 14.0. The Bertz CT molecular complexity index is 874. The standard InChI is InChI=1S/C22H22N2OS/c25-21(24-19-12-11-16-8-4-9-18(16)14-19)15-23-22(20-10-5-13-26-20)17-6-2-1-3-7-17/h1-3,5-7,10-14,22-23H,4,8-9,15H2,(H,24,25)/p+1/t22-/m1/s1. The van der Waals surface area contributed by atoms with Crippen LogP contribution in [0.1, 0.15) is 34.0 Å². The molecule has 1 aliphatic carbocycles. The molecule has 26 heavy (non-hydrogen) atoms. The minimum Gasteiger partial charge on any atom is -0.328 e. The zero-order chi connectivity index (χ0) is 17.8. The molecule has 1 atom stereocenters. The first-order valence-electron chi connectivity index (χ1n) is 9.13. The van der Waals surface area contributed by atoms with Crippen LogP contribution < -0.4 is 10.6 Å². The molecule has 0 radical (unpaired) electrons. The lowest BCUT2D eigenvalue weighted by atomic mass is 10.1. The van der Waals surface area contributed by atoms with Gasteiger partial charge in [-0.15, -0.1) is 11.3 Å².